The summed E-state index contributed by atoms with van der Waals surface area (Å²) in [4.78, 5) is 5.30. The Kier molecular flexibility index (Phi) is 7.48. The van der Waals surface area contributed by atoms with Gasteiger partial charge in [-0.15, -0.1) is 17.5 Å². The fourth-order valence-electron chi connectivity index (χ4n) is 4.66. The standard InChI is InChI=1S/C20H32N6O.ClH/c1-16(2)14-19(20-21-22-23-26(20)15-18-8-5-13-27-18)25-11-9-24(10-12-25)17-6-3-4-7-17;/h5,8,13,16-17,19H,3-4,6-7,9-12,14-15H2,1-2H3;1H. The molecule has 3 heterocycles. The van der Waals surface area contributed by atoms with Gasteiger partial charge in [0.25, 0.3) is 0 Å². The zero-order valence-electron chi connectivity index (χ0n) is 17.0. The molecule has 2 aliphatic rings. The summed E-state index contributed by atoms with van der Waals surface area (Å²) < 4.78 is 7.41. The summed E-state index contributed by atoms with van der Waals surface area (Å²) in [6.45, 7) is 9.68. The van der Waals surface area contributed by atoms with E-state index in [0.717, 1.165) is 37.1 Å². The molecule has 2 aromatic heterocycles. The molecule has 8 heteroatoms. The van der Waals surface area contributed by atoms with Gasteiger partial charge in [-0.25, -0.2) is 4.68 Å². The molecule has 0 bridgehead atoms. The highest BCUT2D eigenvalue weighted by Crippen LogP contribution is 2.30. The highest BCUT2D eigenvalue weighted by atomic mass is 35.5. The first-order valence-corrected chi connectivity index (χ1v) is 10.5. The van der Waals surface area contributed by atoms with Crippen molar-refractivity contribution in [2.45, 2.75) is 64.6 Å². The Morgan fingerprint density at radius 3 is 2.54 bits per heavy atom. The molecular formula is C20H33ClN6O. The number of rotatable bonds is 7. The monoisotopic (exact) mass is 408 g/mol. The maximum atomic E-state index is 5.50. The van der Waals surface area contributed by atoms with Gasteiger partial charge in [-0.2, -0.15) is 0 Å². The van der Waals surface area contributed by atoms with Crippen molar-refractivity contribution in [3.05, 3.63) is 30.0 Å². The molecule has 4 rings (SSSR count). The summed E-state index contributed by atoms with van der Waals surface area (Å²) in [6.07, 6.45) is 8.35. The van der Waals surface area contributed by atoms with Crippen LogP contribution in [0.2, 0.25) is 0 Å². The Balaban J connectivity index is 0.00000225. The van der Waals surface area contributed by atoms with Gasteiger partial charge in [-0.05, 0) is 47.7 Å². The molecule has 2 fully saturated rings. The smallest absolute Gasteiger partial charge is 0.168 e. The normalized spacial score (nSPS) is 20.5. The Hall–Kier alpha value is -1.44. The van der Waals surface area contributed by atoms with Gasteiger partial charge < -0.3 is 4.42 Å². The zero-order valence-corrected chi connectivity index (χ0v) is 17.9. The van der Waals surface area contributed by atoms with Crippen molar-refractivity contribution in [2.75, 3.05) is 26.2 Å². The summed E-state index contributed by atoms with van der Waals surface area (Å²) in [5, 5.41) is 12.7. The van der Waals surface area contributed by atoms with Gasteiger partial charge in [0.15, 0.2) is 5.82 Å². The molecule has 7 nitrogen and oxygen atoms in total. The van der Waals surface area contributed by atoms with Gasteiger partial charge in [-0.3, -0.25) is 9.80 Å². The maximum absolute atomic E-state index is 5.50. The lowest BCUT2D eigenvalue weighted by Gasteiger charge is -2.41. The van der Waals surface area contributed by atoms with Crippen LogP contribution in [0.25, 0.3) is 0 Å². The van der Waals surface area contributed by atoms with Crippen molar-refractivity contribution in [3.8, 4) is 0 Å². The first kappa shape index (κ1) is 21.3. The second-order valence-electron chi connectivity index (χ2n) is 8.43. The van der Waals surface area contributed by atoms with Gasteiger partial charge >= 0.3 is 0 Å². The Morgan fingerprint density at radius 1 is 1.14 bits per heavy atom. The Bertz CT molecular complexity index is 689. The van der Waals surface area contributed by atoms with Crippen molar-refractivity contribution < 1.29 is 4.42 Å². The molecule has 1 unspecified atom stereocenters. The van der Waals surface area contributed by atoms with Gasteiger partial charge in [0.05, 0.1) is 12.3 Å². The molecule has 1 aliphatic heterocycles. The minimum Gasteiger partial charge on any atom is -0.467 e. The second kappa shape index (κ2) is 9.85. The average molecular weight is 409 g/mol. The minimum atomic E-state index is 0. The molecule has 0 N–H and O–H groups in total. The van der Waals surface area contributed by atoms with Crippen LogP contribution in [0.3, 0.4) is 0 Å². The van der Waals surface area contributed by atoms with E-state index >= 15 is 0 Å². The zero-order chi connectivity index (χ0) is 18.6. The van der Waals surface area contributed by atoms with Crippen LogP contribution >= 0.6 is 12.4 Å². The van der Waals surface area contributed by atoms with Gasteiger partial charge in [0.1, 0.15) is 12.3 Å². The summed E-state index contributed by atoms with van der Waals surface area (Å²) in [7, 11) is 0. The van der Waals surface area contributed by atoms with E-state index in [0.29, 0.717) is 12.5 Å². The molecule has 1 atom stereocenters. The number of piperazine rings is 1. The molecule has 0 spiro atoms. The molecule has 0 aromatic carbocycles. The Morgan fingerprint density at radius 2 is 1.89 bits per heavy atom. The number of hydrogen-bond acceptors (Lipinski definition) is 6. The summed E-state index contributed by atoms with van der Waals surface area (Å²) >= 11 is 0. The molecule has 28 heavy (non-hydrogen) atoms. The van der Waals surface area contributed by atoms with E-state index in [-0.39, 0.29) is 18.4 Å². The number of halogens is 1. The van der Waals surface area contributed by atoms with E-state index in [1.165, 1.54) is 38.8 Å². The van der Waals surface area contributed by atoms with Crippen LogP contribution in [0.1, 0.15) is 63.6 Å². The van der Waals surface area contributed by atoms with Crippen molar-refractivity contribution in [3.63, 3.8) is 0 Å². The third-order valence-corrected chi connectivity index (χ3v) is 6.07. The third kappa shape index (κ3) is 4.93. The van der Waals surface area contributed by atoms with E-state index < -0.39 is 0 Å². The van der Waals surface area contributed by atoms with Crippen LogP contribution in [0.15, 0.2) is 22.8 Å². The SMILES string of the molecule is CC(C)CC(c1nnnn1Cc1ccco1)N1CCN(C2CCCC2)CC1.Cl. The highest BCUT2D eigenvalue weighted by molar-refractivity contribution is 5.85. The molecule has 1 saturated carbocycles. The van der Waals surface area contributed by atoms with E-state index in [9.17, 15) is 0 Å². The van der Waals surface area contributed by atoms with Crippen LogP contribution < -0.4 is 0 Å². The number of nitrogens with zero attached hydrogens (tertiary/aromatic N) is 6. The maximum Gasteiger partial charge on any atom is 0.168 e. The molecule has 1 saturated heterocycles. The van der Waals surface area contributed by atoms with Crippen LogP contribution in [-0.2, 0) is 6.54 Å². The quantitative estimate of drug-likeness (QED) is 0.699. The number of aromatic nitrogens is 4. The van der Waals surface area contributed by atoms with Crippen LogP contribution in [-0.4, -0.2) is 62.2 Å². The lowest BCUT2D eigenvalue weighted by atomic mass is 10.0. The fraction of sp³-hybridized carbons (Fsp3) is 0.750. The predicted molar refractivity (Wildman–Crippen MR) is 110 cm³/mol. The van der Waals surface area contributed by atoms with E-state index in [4.69, 9.17) is 4.42 Å². The van der Waals surface area contributed by atoms with Gasteiger partial charge in [0, 0.05) is 32.2 Å². The largest absolute Gasteiger partial charge is 0.467 e. The third-order valence-electron chi connectivity index (χ3n) is 6.07. The van der Waals surface area contributed by atoms with Crippen molar-refractivity contribution in [1.29, 1.82) is 0 Å². The van der Waals surface area contributed by atoms with Crippen LogP contribution in [0.5, 0.6) is 0 Å². The predicted octanol–water partition coefficient (Wildman–Crippen LogP) is 3.38. The topological polar surface area (TPSA) is 63.2 Å². The fourth-order valence-corrected chi connectivity index (χ4v) is 4.66. The van der Waals surface area contributed by atoms with Crippen molar-refractivity contribution in [1.82, 2.24) is 30.0 Å². The summed E-state index contributed by atoms with van der Waals surface area (Å²) in [5.41, 5.74) is 0. The van der Waals surface area contributed by atoms with Crippen molar-refractivity contribution in [2.24, 2.45) is 5.92 Å². The van der Waals surface area contributed by atoms with Gasteiger partial charge in [-0.1, -0.05) is 26.7 Å². The number of furan rings is 1. The average Bonchev–Trinajstić information content (AvgIpc) is 3.43. The van der Waals surface area contributed by atoms with Crippen LogP contribution in [0.4, 0.5) is 0 Å². The highest BCUT2D eigenvalue weighted by Gasteiger charge is 2.32. The van der Waals surface area contributed by atoms with E-state index in [1.54, 1.807) is 6.26 Å². The van der Waals surface area contributed by atoms with Gasteiger partial charge in [0.2, 0.25) is 0 Å². The first-order valence-electron chi connectivity index (χ1n) is 10.5. The second-order valence-corrected chi connectivity index (χ2v) is 8.43. The molecule has 2 aromatic rings. The van der Waals surface area contributed by atoms with Crippen molar-refractivity contribution >= 4 is 12.4 Å². The Labute approximate surface area is 173 Å². The minimum absolute atomic E-state index is 0. The summed E-state index contributed by atoms with van der Waals surface area (Å²) in [5.74, 6) is 2.45. The lowest BCUT2D eigenvalue weighted by molar-refractivity contribution is 0.0587. The van der Waals surface area contributed by atoms with E-state index in [2.05, 4.69) is 39.2 Å². The summed E-state index contributed by atoms with van der Waals surface area (Å²) in [6, 6.07) is 4.97. The van der Waals surface area contributed by atoms with E-state index in [1.807, 2.05) is 16.8 Å². The number of tetrazole rings is 1. The molecule has 156 valence electrons. The number of hydrogen-bond donors (Lipinski definition) is 0. The first-order chi connectivity index (χ1) is 13.2. The molecule has 0 radical (unpaired) electrons. The lowest BCUT2D eigenvalue weighted by Crippen LogP contribution is -2.51. The molecule has 0 amide bonds. The van der Waals surface area contributed by atoms with Crippen LogP contribution in [0, 0.1) is 5.92 Å². The molecular weight excluding hydrogens is 376 g/mol. The molecule has 1 aliphatic carbocycles.